The van der Waals surface area contributed by atoms with Crippen LogP contribution < -0.4 is 4.90 Å². The molecule has 0 unspecified atom stereocenters. The van der Waals surface area contributed by atoms with E-state index in [-0.39, 0.29) is 5.91 Å². The van der Waals surface area contributed by atoms with Gasteiger partial charge in [-0.25, -0.2) is 0 Å². The molecular weight excluding hydrogens is 248 g/mol. The monoisotopic (exact) mass is 274 g/mol. The van der Waals surface area contributed by atoms with Gasteiger partial charge in [-0.3, -0.25) is 4.79 Å². The van der Waals surface area contributed by atoms with Crippen LogP contribution in [-0.2, 0) is 4.79 Å². The van der Waals surface area contributed by atoms with E-state index in [0.717, 1.165) is 32.5 Å². The fraction of sp³-hybridized carbons (Fsp3) is 0.588. The predicted octanol–water partition coefficient (Wildman–Crippen LogP) is 3.22. The molecule has 0 aromatic heterocycles. The molecular formula is C17H26N2O. The lowest BCUT2D eigenvalue weighted by atomic mass is 10.2. The molecule has 1 aliphatic heterocycles. The maximum absolute atomic E-state index is 12.5. The second kappa shape index (κ2) is 7.32. The van der Waals surface area contributed by atoms with Crippen molar-refractivity contribution in [2.24, 2.45) is 0 Å². The first-order chi connectivity index (χ1) is 9.72. The minimum Gasteiger partial charge on any atom is -0.362 e. The average Bonchev–Trinajstić information content (AvgIpc) is 2.74. The van der Waals surface area contributed by atoms with Crippen molar-refractivity contribution in [2.45, 2.75) is 39.5 Å². The molecule has 1 fully saturated rings. The average molecular weight is 274 g/mol. The van der Waals surface area contributed by atoms with Crippen LogP contribution in [0.4, 0.5) is 5.69 Å². The summed E-state index contributed by atoms with van der Waals surface area (Å²) in [5.74, 6) is 0.275. The number of likely N-dealkylation sites (N-methyl/N-ethyl adjacent to an activating group) is 1. The first kappa shape index (κ1) is 14.9. The van der Waals surface area contributed by atoms with Crippen molar-refractivity contribution in [3.8, 4) is 0 Å². The van der Waals surface area contributed by atoms with E-state index in [2.05, 4.69) is 30.9 Å². The first-order valence-corrected chi connectivity index (χ1v) is 7.80. The smallest absolute Gasteiger partial charge is 0.242 e. The lowest BCUT2D eigenvalue weighted by Crippen LogP contribution is -2.41. The number of rotatable bonds is 4. The molecule has 1 aliphatic rings. The lowest BCUT2D eigenvalue weighted by Gasteiger charge is -2.28. The Kier molecular flexibility index (Phi) is 5.45. The van der Waals surface area contributed by atoms with Gasteiger partial charge in [0.2, 0.25) is 5.91 Å². The van der Waals surface area contributed by atoms with Crippen molar-refractivity contribution in [3.63, 3.8) is 0 Å². The molecule has 1 saturated heterocycles. The molecule has 1 heterocycles. The van der Waals surface area contributed by atoms with Gasteiger partial charge in [-0.15, -0.1) is 0 Å². The number of para-hydroxylation sites is 1. The molecule has 0 radical (unpaired) electrons. The number of hydrogen-bond acceptors (Lipinski definition) is 2. The Labute approximate surface area is 122 Å². The number of benzene rings is 1. The second-order valence-corrected chi connectivity index (χ2v) is 5.60. The van der Waals surface area contributed by atoms with E-state index in [4.69, 9.17) is 0 Å². The quantitative estimate of drug-likeness (QED) is 0.841. The van der Waals surface area contributed by atoms with Crippen LogP contribution in [0.15, 0.2) is 24.3 Å². The lowest BCUT2D eigenvalue weighted by molar-refractivity contribution is -0.129. The number of carbonyl (C=O) groups is 1. The molecule has 0 atom stereocenters. The molecule has 0 saturated carbocycles. The summed E-state index contributed by atoms with van der Waals surface area (Å²) in [6.45, 7) is 7.46. The Morgan fingerprint density at radius 3 is 2.40 bits per heavy atom. The number of anilines is 1. The van der Waals surface area contributed by atoms with Crippen LogP contribution in [0.3, 0.4) is 0 Å². The molecule has 110 valence electrons. The van der Waals surface area contributed by atoms with Crippen molar-refractivity contribution < 1.29 is 4.79 Å². The Bertz CT molecular complexity index is 436. The third-order valence-electron chi connectivity index (χ3n) is 4.12. The van der Waals surface area contributed by atoms with E-state index in [9.17, 15) is 4.79 Å². The molecule has 20 heavy (non-hydrogen) atoms. The Morgan fingerprint density at radius 1 is 1.15 bits per heavy atom. The summed E-state index contributed by atoms with van der Waals surface area (Å²) in [5, 5.41) is 0. The minimum atomic E-state index is 0.275. The van der Waals surface area contributed by atoms with Gasteiger partial charge in [0.15, 0.2) is 0 Å². The number of amides is 1. The van der Waals surface area contributed by atoms with E-state index in [1.807, 2.05) is 17.0 Å². The highest BCUT2D eigenvalue weighted by Crippen LogP contribution is 2.19. The van der Waals surface area contributed by atoms with E-state index >= 15 is 0 Å². The summed E-state index contributed by atoms with van der Waals surface area (Å²) in [4.78, 5) is 16.7. The van der Waals surface area contributed by atoms with Crippen LogP contribution in [0.25, 0.3) is 0 Å². The zero-order valence-electron chi connectivity index (χ0n) is 12.8. The van der Waals surface area contributed by atoms with Gasteiger partial charge in [0.05, 0.1) is 6.54 Å². The van der Waals surface area contributed by atoms with Crippen molar-refractivity contribution in [1.82, 2.24) is 4.90 Å². The van der Waals surface area contributed by atoms with Gasteiger partial charge in [0, 0.05) is 25.3 Å². The zero-order valence-corrected chi connectivity index (χ0v) is 12.8. The molecule has 2 rings (SSSR count). The predicted molar refractivity (Wildman–Crippen MR) is 84.1 cm³/mol. The molecule has 1 aromatic rings. The van der Waals surface area contributed by atoms with Crippen LogP contribution >= 0.6 is 0 Å². The SMILES string of the molecule is CCN(CC(=O)N1CCCCCC1)c1ccccc1C. The van der Waals surface area contributed by atoms with Crippen molar-refractivity contribution >= 4 is 11.6 Å². The molecule has 0 bridgehead atoms. The largest absolute Gasteiger partial charge is 0.362 e. The summed E-state index contributed by atoms with van der Waals surface area (Å²) in [6, 6.07) is 8.30. The Morgan fingerprint density at radius 2 is 1.80 bits per heavy atom. The molecule has 0 aliphatic carbocycles. The molecule has 3 nitrogen and oxygen atoms in total. The van der Waals surface area contributed by atoms with Crippen LogP contribution in [0, 0.1) is 6.92 Å². The highest BCUT2D eigenvalue weighted by molar-refractivity contribution is 5.81. The van der Waals surface area contributed by atoms with Crippen LogP contribution in [0.5, 0.6) is 0 Å². The summed E-state index contributed by atoms with van der Waals surface area (Å²) in [7, 11) is 0. The van der Waals surface area contributed by atoms with Crippen LogP contribution in [0.2, 0.25) is 0 Å². The topological polar surface area (TPSA) is 23.6 Å². The number of nitrogens with zero attached hydrogens (tertiary/aromatic N) is 2. The summed E-state index contributed by atoms with van der Waals surface area (Å²) in [6.07, 6.45) is 4.84. The van der Waals surface area contributed by atoms with Gasteiger partial charge < -0.3 is 9.80 Å². The highest BCUT2D eigenvalue weighted by Gasteiger charge is 2.18. The second-order valence-electron chi connectivity index (χ2n) is 5.60. The van der Waals surface area contributed by atoms with Crippen molar-refractivity contribution in [1.29, 1.82) is 0 Å². The Hall–Kier alpha value is -1.51. The molecule has 0 N–H and O–H groups in total. The Balaban J connectivity index is 2.02. The maximum Gasteiger partial charge on any atom is 0.242 e. The number of likely N-dealkylation sites (tertiary alicyclic amines) is 1. The van der Waals surface area contributed by atoms with E-state index < -0.39 is 0 Å². The zero-order chi connectivity index (χ0) is 14.4. The summed E-state index contributed by atoms with van der Waals surface area (Å²) >= 11 is 0. The molecule has 1 amide bonds. The van der Waals surface area contributed by atoms with Crippen LogP contribution in [-0.4, -0.2) is 37.0 Å². The first-order valence-electron chi connectivity index (χ1n) is 7.80. The van der Waals surface area contributed by atoms with E-state index in [0.29, 0.717) is 6.54 Å². The van der Waals surface area contributed by atoms with Gasteiger partial charge in [-0.2, -0.15) is 0 Å². The van der Waals surface area contributed by atoms with Gasteiger partial charge in [0.1, 0.15) is 0 Å². The summed E-state index contributed by atoms with van der Waals surface area (Å²) in [5.41, 5.74) is 2.41. The summed E-state index contributed by atoms with van der Waals surface area (Å²) < 4.78 is 0. The minimum absolute atomic E-state index is 0.275. The van der Waals surface area contributed by atoms with E-state index in [1.165, 1.54) is 24.1 Å². The van der Waals surface area contributed by atoms with Gasteiger partial charge in [-0.1, -0.05) is 31.0 Å². The molecule has 1 aromatic carbocycles. The van der Waals surface area contributed by atoms with Gasteiger partial charge >= 0.3 is 0 Å². The maximum atomic E-state index is 12.5. The fourth-order valence-corrected chi connectivity index (χ4v) is 2.87. The number of hydrogen-bond donors (Lipinski definition) is 0. The van der Waals surface area contributed by atoms with Crippen molar-refractivity contribution in [2.75, 3.05) is 31.1 Å². The fourth-order valence-electron chi connectivity index (χ4n) is 2.87. The van der Waals surface area contributed by atoms with Gasteiger partial charge in [0.25, 0.3) is 0 Å². The third kappa shape index (κ3) is 3.75. The third-order valence-corrected chi connectivity index (χ3v) is 4.12. The molecule has 0 spiro atoms. The normalized spacial score (nSPS) is 15.8. The highest BCUT2D eigenvalue weighted by atomic mass is 16.2. The van der Waals surface area contributed by atoms with Gasteiger partial charge in [-0.05, 0) is 38.3 Å². The number of carbonyl (C=O) groups excluding carboxylic acids is 1. The molecule has 3 heteroatoms. The number of aryl methyl sites for hydroxylation is 1. The van der Waals surface area contributed by atoms with Crippen molar-refractivity contribution in [3.05, 3.63) is 29.8 Å². The van der Waals surface area contributed by atoms with Crippen LogP contribution in [0.1, 0.15) is 38.2 Å². The standard InChI is InChI=1S/C17H26N2O/c1-3-18(16-11-7-6-10-15(16)2)14-17(20)19-12-8-4-5-9-13-19/h6-7,10-11H,3-5,8-9,12-14H2,1-2H3. The van der Waals surface area contributed by atoms with E-state index in [1.54, 1.807) is 0 Å².